The first kappa shape index (κ1) is 28.7. The molecule has 1 aliphatic carbocycles. The number of aryl methyl sites for hydroxylation is 1. The molecule has 2 aromatic carbocycles. The summed E-state index contributed by atoms with van der Waals surface area (Å²) in [6.07, 6.45) is 22.9. The van der Waals surface area contributed by atoms with Crippen LogP contribution in [-0.4, -0.2) is 6.61 Å². The van der Waals surface area contributed by atoms with E-state index in [4.69, 9.17) is 4.74 Å². The lowest BCUT2D eigenvalue weighted by molar-refractivity contribution is 0.173. The minimum Gasteiger partial charge on any atom is -0.490 e. The highest BCUT2D eigenvalue weighted by molar-refractivity contribution is 5.64. The van der Waals surface area contributed by atoms with Crippen LogP contribution in [0.1, 0.15) is 122 Å². The van der Waals surface area contributed by atoms with Gasteiger partial charge in [0.05, 0.1) is 6.61 Å². The molecule has 0 radical (unpaired) electrons. The lowest BCUT2D eigenvalue weighted by Gasteiger charge is -2.28. The minimum atomic E-state index is -0.250. The molecule has 1 fully saturated rings. The molecule has 0 saturated heterocycles. The molecule has 0 atom stereocenters. The number of rotatable bonds is 17. The van der Waals surface area contributed by atoms with Crippen molar-refractivity contribution in [1.82, 2.24) is 0 Å². The van der Waals surface area contributed by atoms with Crippen LogP contribution in [0.3, 0.4) is 0 Å². The van der Waals surface area contributed by atoms with Gasteiger partial charge in [-0.25, -0.2) is 4.39 Å². The molecule has 200 valence electrons. The summed E-state index contributed by atoms with van der Waals surface area (Å²) >= 11 is 0. The van der Waals surface area contributed by atoms with E-state index in [-0.39, 0.29) is 5.82 Å². The van der Waals surface area contributed by atoms with Crippen molar-refractivity contribution in [3.8, 4) is 16.9 Å². The van der Waals surface area contributed by atoms with E-state index < -0.39 is 0 Å². The second-order valence-corrected chi connectivity index (χ2v) is 11.3. The zero-order valence-electron chi connectivity index (χ0n) is 23.2. The lowest BCUT2D eigenvalue weighted by atomic mass is 9.80. The van der Waals surface area contributed by atoms with Crippen LogP contribution in [0.15, 0.2) is 42.5 Å². The second kappa shape index (κ2) is 16.8. The van der Waals surface area contributed by atoms with Crippen molar-refractivity contribution in [2.45, 2.75) is 123 Å². The van der Waals surface area contributed by atoms with Crippen LogP contribution in [0.4, 0.5) is 4.39 Å². The van der Waals surface area contributed by atoms with Crippen molar-refractivity contribution in [2.75, 3.05) is 6.61 Å². The second-order valence-electron chi connectivity index (χ2n) is 11.3. The summed E-state index contributed by atoms with van der Waals surface area (Å²) in [4.78, 5) is 0. The summed E-state index contributed by atoms with van der Waals surface area (Å²) in [6.45, 7) is 5.12. The van der Waals surface area contributed by atoms with E-state index in [0.717, 1.165) is 29.9 Å². The third-order valence-corrected chi connectivity index (χ3v) is 8.16. The van der Waals surface area contributed by atoms with Gasteiger partial charge in [0, 0.05) is 0 Å². The number of hydrogen-bond acceptors (Lipinski definition) is 1. The third kappa shape index (κ3) is 10.3. The largest absolute Gasteiger partial charge is 0.490 e. The molecule has 0 unspecified atom stereocenters. The minimum absolute atomic E-state index is 0.250. The number of ether oxygens (including phenoxy) is 1. The average molecular weight is 495 g/mol. The van der Waals surface area contributed by atoms with Crippen LogP contribution in [0, 0.1) is 17.7 Å². The molecular weight excluding hydrogens is 443 g/mol. The predicted molar refractivity (Wildman–Crippen MR) is 153 cm³/mol. The van der Waals surface area contributed by atoms with E-state index in [1.54, 1.807) is 6.07 Å². The molecule has 2 heteroatoms. The molecule has 0 spiro atoms. The molecule has 0 bridgehead atoms. The Morgan fingerprint density at radius 1 is 0.667 bits per heavy atom. The van der Waals surface area contributed by atoms with Gasteiger partial charge in [-0.2, -0.15) is 0 Å². The standard InChI is InChI=1S/C34H51FO/c1-3-5-6-7-8-9-10-11-12-13-15-29-16-18-30(19-17-29)27-36-34-25-24-32(26-33(34)35)31-22-20-28(14-4-2)21-23-31/h20-26,29-30H,3-19,27H2,1-2H3. The summed E-state index contributed by atoms with van der Waals surface area (Å²) in [6, 6.07) is 13.9. The van der Waals surface area contributed by atoms with Gasteiger partial charge in [0.15, 0.2) is 11.6 Å². The third-order valence-electron chi connectivity index (χ3n) is 8.16. The highest BCUT2D eigenvalue weighted by atomic mass is 19.1. The van der Waals surface area contributed by atoms with Crippen molar-refractivity contribution >= 4 is 0 Å². The zero-order chi connectivity index (χ0) is 25.4. The first-order valence-electron chi connectivity index (χ1n) is 15.2. The Labute approximate surface area is 221 Å². The maximum Gasteiger partial charge on any atom is 0.165 e. The number of unbranched alkanes of at least 4 members (excludes halogenated alkanes) is 9. The Morgan fingerprint density at radius 2 is 1.25 bits per heavy atom. The van der Waals surface area contributed by atoms with Crippen LogP contribution in [0.25, 0.3) is 11.1 Å². The summed E-state index contributed by atoms with van der Waals surface area (Å²) < 4.78 is 20.7. The van der Waals surface area contributed by atoms with Crippen LogP contribution in [-0.2, 0) is 6.42 Å². The highest BCUT2D eigenvalue weighted by Crippen LogP contribution is 2.33. The Bertz CT molecular complexity index is 835. The molecule has 1 aliphatic rings. The topological polar surface area (TPSA) is 9.23 Å². The van der Waals surface area contributed by atoms with Gasteiger partial charge in [-0.3, -0.25) is 0 Å². The molecule has 0 amide bonds. The van der Waals surface area contributed by atoms with Gasteiger partial charge >= 0.3 is 0 Å². The van der Waals surface area contributed by atoms with Gasteiger partial charge < -0.3 is 4.74 Å². The molecule has 1 nitrogen and oxygen atoms in total. The van der Waals surface area contributed by atoms with Crippen molar-refractivity contribution in [3.63, 3.8) is 0 Å². The zero-order valence-corrected chi connectivity index (χ0v) is 23.2. The predicted octanol–water partition coefficient (Wildman–Crippen LogP) is 10.9. The van der Waals surface area contributed by atoms with Crippen LogP contribution >= 0.6 is 0 Å². The molecule has 0 heterocycles. The van der Waals surface area contributed by atoms with Crippen LogP contribution < -0.4 is 4.74 Å². The Kier molecular flexibility index (Phi) is 13.4. The molecule has 2 aromatic rings. The number of benzene rings is 2. The fourth-order valence-corrected chi connectivity index (χ4v) is 5.76. The van der Waals surface area contributed by atoms with Crippen molar-refractivity contribution in [3.05, 3.63) is 53.8 Å². The van der Waals surface area contributed by atoms with Crippen molar-refractivity contribution in [2.24, 2.45) is 11.8 Å². The van der Waals surface area contributed by atoms with E-state index in [1.165, 1.54) is 102 Å². The van der Waals surface area contributed by atoms with Crippen LogP contribution in [0.2, 0.25) is 0 Å². The summed E-state index contributed by atoms with van der Waals surface area (Å²) in [5.41, 5.74) is 3.30. The summed E-state index contributed by atoms with van der Waals surface area (Å²) in [5.74, 6) is 1.61. The van der Waals surface area contributed by atoms with Gasteiger partial charge in [-0.1, -0.05) is 134 Å². The number of hydrogen-bond donors (Lipinski definition) is 0. The van der Waals surface area contributed by atoms with Crippen LogP contribution in [0.5, 0.6) is 5.75 Å². The quantitative estimate of drug-likeness (QED) is 0.199. The molecule has 0 aliphatic heterocycles. The highest BCUT2D eigenvalue weighted by Gasteiger charge is 2.21. The van der Waals surface area contributed by atoms with Gasteiger partial charge in [-0.05, 0) is 59.9 Å². The fourth-order valence-electron chi connectivity index (χ4n) is 5.76. The first-order chi connectivity index (χ1) is 17.7. The normalized spacial score (nSPS) is 17.9. The van der Waals surface area contributed by atoms with E-state index in [0.29, 0.717) is 18.3 Å². The lowest BCUT2D eigenvalue weighted by Crippen LogP contribution is -2.20. The monoisotopic (exact) mass is 494 g/mol. The molecule has 1 saturated carbocycles. The Balaban J connectivity index is 1.28. The molecule has 0 N–H and O–H groups in total. The molecule has 0 aromatic heterocycles. The molecular formula is C34H51FO. The first-order valence-corrected chi connectivity index (χ1v) is 15.2. The maximum atomic E-state index is 14.7. The Morgan fingerprint density at radius 3 is 1.86 bits per heavy atom. The smallest absolute Gasteiger partial charge is 0.165 e. The fraction of sp³-hybridized carbons (Fsp3) is 0.647. The SMILES string of the molecule is CCCCCCCCCCCCC1CCC(COc2ccc(-c3ccc(CCC)cc3)cc2F)CC1. The van der Waals surface area contributed by atoms with E-state index in [9.17, 15) is 4.39 Å². The number of halogens is 1. The Hall–Kier alpha value is -1.83. The van der Waals surface area contributed by atoms with Gasteiger partial charge in [0.25, 0.3) is 0 Å². The molecule has 3 rings (SSSR count). The average Bonchev–Trinajstić information content (AvgIpc) is 2.90. The summed E-state index contributed by atoms with van der Waals surface area (Å²) in [7, 11) is 0. The van der Waals surface area contributed by atoms with Gasteiger partial charge in [0.2, 0.25) is 0 Å². The van der Waals surface area contributed by atoms with Gasteiger partial charge in [-0.15, -0.1) is 0 Å². The van der Waals surface area contributed by atoms with Crippen molar-refractivity contribution < 1.29 is 9.13 Å². The van der Waals surface area contributed by atoms with E-state index in [1.807, 2.05) is 12.1 Å². The maximum absolute atomic E-state index is 14.7. The van der Waals surface area contributed by atoms with E-state index >= 15 is 0 Å². The van der Waals surface area contributed by atoms with E-state index in [2.05, 4.69) is 38.1 Å². The van der Waals surface area contributed by atoms with Crippen molar-refractivity contribution in [1.29, 1.82) is 0 Å². The molecule has 36 heavy (non-hydrogen) atoms. The van der Waals surface area contributed by atoms with Gasteiger partial charge in [0.1, 0.15) is 0 Å². The summed E-state index contributed by atoms with van der Waals surface area (Å²) in [5, 5.41) is 0.